The predicted octanol–water partition coefficient (Wildman–Crippen LogP) is 2.62. The Balaban J connectivity index is 1.88. The van der Waals surface area contributed by atoms with Gasteiger partial charge in [-0.1, -0.05) is 11.3 Å². The molecule has 2 aromatic heterocycles. The highest BCUT2D eigenvalue weighted by molar-refractivity contribution is 7.19. The number of nitrogens with zero attached hydrogens (tertiary/aromatic N) is 4. The van der Waals surface area contributed by atoms with Crippen molar-refractivity contribution in [3.63, 3.8) is 0 Å². The fraction of sp³-hybridized carbons (Fsp3) is 0.143. The Morgan fingerprint density at radius 2 is 2.23 bits per heavy atom. The average molecular weight is 316 g/mol. The number of carboxylic acid groups (broad SMARTS) is 1. The van der Waals surface area contributed by atoms with Crippen molar-refractivity contribution in [2.75, 3.05) is 11.4 Å². The lowest BCUT2D eigenvalue weighted by Gasteiger charge is -2.18. The molecule has 0 saturated carbocycles. The van der Waals surface area contributed by atoms with Gasteiger partial charge in [0.1, 0.15) is 22.5 Å². The van der Waals surface area contributed by atoms with E-state index in [2.05, 4.69) is 15.0 Å². The summed E-state index contributed by atoms with van der Waals surface area (Å²) in [5, 5.41) is 9.06. The predicted molar refractivity (Wildman–Crippen MR) is 79.3 cm³/mol. The normalized spacial score (nSPS) is 13.6. The zero-order chi connectivity index (χ0) is 15.3. The zero-order valence-corrected chi connectivity index (χ0v) is 12.0. The van der Waals surface area contributed by atoms with Gasteiger partial charge < -0.3 is 10.0 Å². The van der Waals surface area contributed by atoms with Crippen LogP contribution in [0.25, 0.3) is 10.3 Å². The standard InChI is InChI=1S/C14H9FN4O2S/c15-8-1-2-9-7(5-8)3-4-19(9)11-10-12(17-6-16-11)22-13(18-10)14(20)21/h1-2,5-6H,3-4H2,(H,20,21). The number of aromatic nitrogens is 3. The number of carbonyl (C=O) groups is 1. The molecule has 6 nitrogen and oxygen atoms in total. The van der Waals surface area contributed by atoms with E-state index in [1.807, 2.05) is 4.90 Å². The van der Waals surface area contributed by atoms with Crippen molar-refractivity contribution >= 4 is 39.2 Å². The van der Waals surface area contributed by atoms with E-state index in [9.17, 15) is 9.18 Å². The van der Waals surface area contributed by atoms with Crippen LogP contribution in [-0.2, 0) is 6.42 Å². The fourth-order valence-electron chi connectivity index (χ4n) is 2.62. The van der Waals surface area contributed by atoms with Crippen molar-refractivity contribution in [2.24, 2.45) is 0 Å². The molecule has 0 spiro atoms. The van der Waals surface area contributed by atoms with E-state index < -0.39 is 5.97 Å². The lowest BCUT2D eigenvalue weighted by atomic mass is 10.2. The molecular weight excluding hydrogens is 307 g/mol. The van der Waals surface area contributed by atoms with Crippen LogP contribution in [0.4, 0.5) is 15.9 Å². The van der Waals surface area contributed by atoms with Crippen LogP contribution in [0.15, 0.2) is 24.5 Å². The van der Waals surface area contributed by atoms with E-state index in [0.717, 1.165) is 22.6 Å². The SMILES string of the molecule is O=C(O)c1nc2c(N3CCc4cc(F)ccc43)ncnc2s1. The number of aromatic carboxylic acids is 1. The molecular formula is C14H9FN4O2S. The van der Waals surface area contributed by atoms with Crippen molar-refractivity contribution in [3.05, 3.63) is 40.9 Å². The number of carboxylic acids is 1. The first-order chi connectivity index (χ1) is 10.6. The third-order valence-electron chi connectivity index (χ3n) is 3.55. The average Bonchev–Trinajstić information content (AvgIpc) is 3.09. The summed E-state index contributed by atoms with van der Waals surface area (Å²) in [5.41, 5.74) is 2.23. The van der Waals surface area contributed by atoms with Gasteiger partial charge in [0.15, 0.2) is 5.82 Å². The summed E-state index contributed by atoms with van der Waals surface area (Å²) >= 11 is 1.01. The summed E-state index contributed by atoms with van der Waals surface area (Å²) < 4.78 is 13.3. The first kappa shape index (κ1) is 13.1. The van der Waals surface area contributed by atoms with Crippen molar-refractivity contribution in [2.45, 2.75) is 6.42 Å². The molecule has 0 atom stereocenters. The van der Waals surface area contributed by atoms with E-state index in [1.165, 1.54) is 18.5 Å². The molecule has 3 aromatic rings. The second-order valence-corrected chi connectivity index (χ2v) is 5.83. The smallest absolute Gasteiger partial charge is 0.365 e. The van der Waals surface area contributed by atoms with Crippen LogP contribution in [-0.4, -0.2) is 32.6 Å². The number of benzene rings is 1. The molecule has 0 unspecified atom stereocenters. The lowest BCUT2D eigenvalue weighted by molar-refractivity contribution is 0.0696. The molecule has 1 aromatic carbocycles. The number of hydrogen-bond donors (Lipinski definition) is 1. The summed E-state index contributed by atoms with van der Waals surface area (Å²) in [6, 6.07) is 4.62. The second-order valence-electron chi connectivity index (χ2n) is 4.85. The minimum atomic E-state index is -1.09. The molecule has 3 heterocycles. The van der Waals surface area contributed by atoms with Gasteiger partial charge in [-0.25, -0.2) is 24.1 Å². The Hall–Kier alpha value is -2.61. The fourth-order valence-corrected chi connectivity index (χ4v) is 3.36. The molecule has 22 heavy (non-hydrogen) atoms. The van der Waals surface area contributed by atoms with Gasteiger partial charge in [0, 0.05) is 12.2 Å². The first-order valence-corrected chi connectivity index (χ1v) is 7.36. The topological polar surface area (TPSA) is 79.2 Å². The number of halogens is 1. The number of hydrogen-bond acceptors (Lipinski definition) is 6. The van der Waals surface area contributed by atoms with Gasteiger partial charge in [0.05, 0.1) is 0 Å². The van der Waals surface area contributed by atoms with Crippen molar-refractivity contribution in [3.8, 4) is 0 Å². The molecule has 1 aliphatic rings. The van der Waals surface area contributed by atoms with Gasteiger partial charge >= 0.3 is 5.97 Å². The van der Waals surface area contributed by atoms with Crippen LogP contribution in [0, 0.1) is 5.82 Å². The quantitative estimate of drug-likeness (QED) is 0.783. The molecule has 0 fully saturated rings. The van der Waals surface area contributed by atoms with Gasteiger partial charge in [0.25, 0.3) is 0 Å². The van der Waals surface area contributed by atoms with E-state index in [4.69, 9.17) is 5.11 Å². The second kappa shape index (κ2) is 4.70. The van der Waals surface area contributed by atoms with Gasteiger partial charge in [-0.15, -0.1) is 0 Å². The van der Waals surface area contributed by atoms with Crippen LogP contribution < -0.4 is 4.90 Å². The Morgan fingerprint density at radius 1 is 1.36 bits per heavy atom. The summed E-state index contributed by atoms with van der Waals surface area (Å²) in [6.07, 6.45) is 2.09. The molecule has 0 aliphatic carbocycles. The van der Waals surface area contributed by atoms with Crippen LogP contribution in [0.3, 0.4) is 0 Å². The Labute approximate surface area is 127 Å². The lowest BCUT2D eigenvalue weighted by Crippen LogP contribution is -2.15. The van der Waals surface area contributed by atoms with Gasteiger partial charge in [-0.2, -0.15) is 0 Å². The van der Waals surface area contributed by atoms with Gasteiger partial charge in [-0.05, 0) is 30.2 Å². The van der Waals surface area contributed by atoms with E-state index in [1.54, 1.807) is 6.07 Å². The van der Waals surface area contributed by atoms with Gasteiger partial charge in [-0.3, -0.25) is 0 Å². The summed E-state index contributed by atoms with van der Waals surface area (Å²) in [4.78, 5) is 26.0. The van der Waals surface area contributed by atoms with Crippen molar-refractivity contribution in [1.82, 2.24) is 15.0 Å². The number of thiazole rings is 1. The minimum Gasteiger partial charge on any atom is -0.476 e. The largest absolute Gasteiger partial charge is 0.476 e. The molecule has 0 saturated heterocycles. The Kier molecular flexibility index (Phi) is 2.80. The minimum absolute atomic E-state index is 0.0183. The van der Waals surface area contributed by atoms with Crippen LogP contribution in [0.5, 0.6) is 0 Å². The zero-order valence-electron chi connectivity index (χ0n) is 11.2. The monoisotopic (exact) mass is 316 g/mol. The number of anilines is 2. The molecule has 0 amide bonds. The highest BCUT2D eigenvalue weighted by atomic mass is 32.1. The third-order valence-corrected chi connectivity index (χ3v) is 4.50. The Bertz CT molecular complexity index is 911. The molecule has 4 rings (SSSR count). The Morgan fingerprint density at radius 3 is 3.05 bits per heavy atom. The van der Waals surface area contributed by atoms with Crippen molar-refractivity contribution in [1.29, 1.82) is 0 Å². The van der Waals surface area contributed by atoms with Crippen LogP contribution >= 0.6 is 11.3 Å². The maximum atomic E-state index is 13.3. The third kappa shape index (κ3) is 1.92. The van der Waals surface area contributed by atoms with Crippen molar-refractivity contribution < 1.29 is 14.3 Å². The summed E-state index contributed by atoms with van der Waals surface area (Å²) in [6.45, 7) is 0.644. The van der Waals surface area contributed by atoms with E-state index in [0.29, 0.717) is 29.1 Å². The highest BCUT2D eigenvalue weighted by Gasteiger charge is 2.25. The first-order valence-electron chi connectivity index (χ1n) is 6.54. The molecule has 0 bridgehead atoms. The maximum absolute atomic E-state index is 13.3. The van der Waals surface area contributed by atoms with Crippen LogP contribution in [0.1, 0.15) is 15.4 Å². The van der Waals surface area contributed by atoms with Crippen LogP contribution in [0.2, 0.25) is 0 Å². The molecule has 1 aliphatic heterocycles. The van der Waals surface area contributed by atoms with E-state index in [-0.39, 0.29) is 10.8 Å². The molecule has 0 radical (unpaired) electrons. The highest BCUT2D eigenvalue weighted by Crippen LogP contribution is 2.37. The molecule has 1 N–H and O–H groups in total. The summed E-state index contributed by atoms with van der Waals surface area (Å²) in [5.74, 6) is -0.799. The maximum Gasteiger partial charge on any atom is 0.365 e. The number of fused-ring (bicyclic) bond motifs is 2. The molecule has 110 valence electrons. The summed E-state index contributed by atoms with van der Waals surface area (Å²) in [7, 11) is 0. The number of rotatable bonds is 2. The van der Waals surface area contributed by atoms with E-state index >= 15 is 0 Å². The molecule has 8 heteroatoms. The van der Waals surface area contributed by atoms with Gasteiger partial charge in [0.2, 0.25) is 5.01 Å².